The summed E-state index contributed by atoms with van der Waals surface area (Å²) in [4.78, 5) is 2.27. The number of rotatable bonds is 5. The average molecular weight is 443 g/mol. The second kappa shape index (κ2) is 8.60. The van der Waals surface area contributed by atoms with E-state index in [1.54, 1.807) is 37.4 Å². The summed E-state index contributed by atoms with van der Waals surface area (Å²) in [5, 5.41) is 8.51. The Balaban J connectivity index is 1.43. The van der Waals surface area contributed by atoms with Gasteiger partial charge in [-0.05, 0) is 67.1 Å². The number of ether oxygens (including phenoxy) is 1. The maximum Gasteiger partial charge on any atom is 0.243 e. The molecule has 1 aromatic heterocycles. The molecule has 0 bridgehead atoms. The largest absolute Gasteiger partial charge is 0.496 e. The molecule has 0 saturated carbocycles. The van der Waals surface area contributed by atoms with Crippen LogP contribution in [0.15, 0.2) is 59.5 Å². The molecule has 1 aliphatic rings. The van der Waals surface area contributed by atoms with E-state index in [0.717, 1.165) is 11.1 Å². The Bertz CT molecular complexity index is 1160. The van der Waals surface area contributed by atoms with Crippen molar-refractivity contribution in [1.29, 1.82) is 0 Å². The quantitative estimate of drug-likeness (QED) is 0.604. The van der Waals surface area contributed by atoms with Gasteiger partial charge in [-0.3, -0.25) is 0 Å². The van der Waals surface area contributed by atoms with Gasteiger partial charge < -0.3 is 9.64 Å². The van der Waals surface area contributed by atoms with Crippen LogP contribution in [0.1, 0.15) is 5.56 Å². The second-order valence-corrected chi connectivity index (χ2v) is 9.24. The first-order valence-electron chi connectivity index (χ1n) is 9.88. The lowest BCUT2D eigenvalue weighted by molar-refractivity contribution is 0.383. The molecule has 7 nitrogen and oxygen atoms in total. The lowest BCUT2D eigenvalue weighted by Crippen LogP contribution is -2.49. The highest BCUT2D eigenvalue weighted by Gasteiger charge is 2.29. The minimum Gasteiger partial charge on any atom is -0.496 e. The first-order valence-corrected chi connectivity index (χ1v) is 11.3. The molecular formula is C22H23FN4O3S. The Morgan fingerprint density at radius 1 is 0.935 bits per heavy atom. The Hall–Kier alpha value is -3.04. The molecule has 0 unspecified atom stereocenters. The summed E-state index contributed by atoms with van der Waals surface area (Å²) >= 11 is 0. The average Bonchev–Trinajstić information content (AvgIpc) is 2.80. The summed E-state index contributed by atoms with van der Waals surface area (Å²) < 4.78 is 45.8. The van der Waals surface area contributed by atoms with Crippen LogP contribution in [0.25, 0.3) is 11.3 Å². The smallest absolute Gasteiger partial charge is 0.243 e. The van der Waals surface area contributed by atoms with Gasteiger partial charge in [0.15, 0.2) is 5.82 Å². The second-order valence-electron chi connectivity index (χ2n) is 7.31. The van der Waals surface area contributed by atoms with Gasteiger partial charge in [-0.25, -0.2) is 12.8 Å². The van der Waals surface area contributed by atoms with Gasteiger partial charge >= 0.3 is 0 Å². The molecule has 1 fully saturated rings. The zero-order valence-corrected chi connectivity index (χ0v) is 18.1. The number of hydrogen-bond donors (Lipinski definition) is 0. The molecule has 2 heterocycles. The molecule has 4 rings (SSSR count). The topological polar surface area (TPSA) is 75.6 Å². The highest BCUT2D eigenvalue weighted by atomic mass is 32.2. The number of aromatic nitrogens is 2. The molecule has 1 aliphatic heterocycles. The fraction of sp³-hybridized carbons (Fsp3) is 0.273. The van der Waals surface area contributed by atoms with Crippen LogP contribution in [0, 0.1) is 12.7 Å². The van der Waals surface area contributed by atoms with Crippen molar-refractivity contribution in [2.24, 2.45) is 0 Å². The normalized spacial score (nSPS) is 15.1. The molecule has 3 aromatic rings. The molecule has 0 spiro atoms. The van der Waals surface area contributed by atoms with Crippen LogP contribution in [0.2, 0.25) is 0 Å². The van der Waals surface area contributed by atoms with Crippen molar-refractivity contribution in [3.8, 4) is 17.0 Å². The molecule has 0 N–H and O–H groups in total. The van der Waals surface area contributed by atoms with Crippen LogP contribution in [-0.2, 0) is 10.0 Å². The van der Waals surface area contributed by atoms with Crippen LogP contribution in [0.5, 0.6) is 5.75 Å². The van der Waals surface area contributed by atoms with Crippen molar-refractivity contribution < 1.29 is 17.5 Å². The minimum absolute atomic E-state index is 0.266. The van der Waals surface area contributed by atoms with Crippen LogP contribution in [0.4, 0.5) is 10.2 Å². The predicted molar refractivity (Wildman–Crippen MR) is 116 cm³/mol. The number of anilines is 1. The zero-order chi connectivity index (χ0) is 22.0. The van der Waals surface area contributed by atoms with Gasteiger partial charge in [-0.15, -0.1) is 10.2 Å². The summed E-state index contributed by atoms with van der Waals surface area (Å²) in [5.41, 5.74) is 2.21. The van der Waals surface area contributed by atoms with Gasteiger partial charge in [-0.2, -0.15) is 4.31 Å². The van der Waals surface area contributed by atoms with E-state index in [4.69, 9.17) is 4.74 Å². The third-order valence-corrected chi connectivity index (χ3v) is 7.25. The first-order chi connectivity index (χ1) is 14.9. The van der Waals surface area contributed by atoms with E-state index in [1.165, 1.54) is 16.4 Å². The summed E-state index contributed by atoms with van der Waals surface area (Å²) in [7, 11) is -2.02. The Labute approximate surface area is 181 Å². The number of nitrogens with zero attached hydrogens (tertiary/aromatic N) is 4. The van der Waals surface area contributed by atoms with Crippen LogP contribution < -0.4 is 9.64 Å². The minimum atomic E-state index is -3.58. The summed E-state index contributed by atoms with van der Waals surface area (Å²) in [6.45, 7) is 3.56. The van der Waals surface area contributed by atoms with E-state index in [9.17, 15) is 12.8 Å². The van der Waals surface area contributed by atoms with E-state index < -0.39 is 10.0 Å². The lowest BCUT2D eigenvalue weighted by atomic mass is 10.1. The van der Waals surface area contributed by atoms with Gasteiger partial charge in [0.25, 0.3) is 0 Å². The van der Waals surface area contributed by atoms with Crippen molar-refractivity contribution in [2.75, 3.05) is 38.2 Å². The van der Waals surface area contributed by atoms with E-state index >= 15 is 0 Å². The molecular weight excluding hydrogens is 419 g/mol. The zero-order valence-electron chi connectivity index (χ0n) is 17.3. The van der Waals surface area contributed by atoms with Crippen molar-refractivity contribution in [2.45, 2.75) is 11.8 Å². The van der Waals surface area contributed by atoms with Crippen molar-refractivity contribution in [1.82, 2.24) is 14.5 Å². The Morgan fingerprint density at radius 3 is 2.23 bits per heavy atom. The van der Waals surface area contributed by atoms with Gasteiger partial charge in [0.05, 0.1) is 17.7 Å². The van der Waals surface area contributed by atoms with Gasteiger partial charge in [0, 0.05) is 31.7 Å². The molecule has 0 amide bonds. The summed E-state index contributed by atoms with van der Waals surface area (Å²) in [6, 6.07) is 14.7. The summed E-state index contributed by atoms with van der Waals surface area (Å²) in [5.74, 6) is 1.04. The van der Waals surface area contributed by atoms with Crippen molar-refractivity contribution >= 4 is 15.8 Å². The number of hydrogen-bond acceptors (Lipinski definition) is 6. The van der Waals surface area contributed by atoms with Crippen LogP contribution >= 0.6 is 0 Å². The molecule has 0 radical (unpaired) electrons. The number of piperazine rings is 1. The maximum absolute atomic E-state index is 13.1. The fourth-order valence-electron chi connectivity index (χ4n) is 3.59. The maximum atomic E-state index is 13.1. The highest BCUT2D eigenvalue weighted by Crippen LogP contribution is 2.25. The lowest BCUT2D eigenvalue weighted by Gasteiger charge is -2.34. The van der Waals surface area contributed by atoms with Gasteiger partial charge in [-0.1, -0.05) is 0 Å². The van der Waals surface area contributed by atoms with Crippen LogP contribution in [-0.4, -0.2) is 56.2 Å². The SMILES string of the molecule is COc1ccc(S(=O)(=O)N2CCN(c3ccc(-c4ccc(F)cc4)nn3)CC2)cc1C. The molecule has 0 aliphatic carbocycles. The molecule has 9 heteroatoms. The third-order valence-electron chi connectivity index (χ3n) is 5.36. The third kappa shape index (κ3) is 4.38. The fourth-order valence-corrected chi connectivity index (χ4v) is 5.09. The standard InChI is InChI=1S/C22H23FN4O3S/c1-16-15-19(7-9-21(16)30-2)31(28,29)27-13-11-26(12-14-27)22-10-8-20(24-25-22)17-3-5-18(23)6-4-17/h3-10,15H,11-14H2,1-2H3. The van der Waals surface area contributed by atoms with E-state index in [-0.39, 0.29) is 10.7 Å². The first kappa shape index (κ1) is 21.2. The monoisotopic (exact) mass is 442 g/mol. The summed E-state index contributed by atoms with van der Waals surface area (Å²) in [6.07, 6.45) is 0. The Morgan fingerprint density at radius 2 is 1.65 bits per heavy atom. The number of benzene rings is 2. The van der Waals surface area contributed by atoms with Gasteiger partial charge in [0.1, 0.15) is 11.6 Å². The van der Waals surface area contributed by atoms with Crippen LogP contribution in [0.3, 0.4) is 0 Å². The van der Waals surface area contributed by atoms with E-state index in [0.29, 0.717) is 43.4 Å². The number of methoxy groups -OCH3 is 1. The molecule has 162 valence electrons. The number of halogens is 1. The predicted octanol–water partition coefficient (Wildman–Crippen LogP) is 3.11. The number of sulfonamides is 1. The molecule has 1 saturated heterocycles. The van der Waals surface area contributed by atoms with Crippen molar-refractivity contribution in [3.63, 3.8) is 0 Å². The molecule has 31 heavy (non-hydrogen) atoms. The van der Waals surface area contributed by atoms with Crippen molar-refractivity contribution in [3.05, 3.63) is 66.0 Å². The van der Waals surface area contributed by atoms with Gasteiger partial charge in [0.2, 0.25) is 10.0 Å². The highest BCUT2D eigenvalue weighted by molar-refractivity contribution is 7.89. The van der Waals surface area contributed by atoms with E-state index in [1.807, 2.05) is 24.0 Å². The van der Waals surface area contributed by atoms with E-state index in [2.05, 4.69) is 10.2 Å². The molecule has 2 aromatic carbocycles. The molecule has 0 atom stereocenters. The number of aryl methyl sites for hydroxylation is 1. The Kier molecular flexibility index (Phi) is 5.88.